The standard InChI is InChI=1S/C15H20O3S/c1-10-6-11(2)14(12(3)7-10)8-15(16)13-4-5-19(17,18)9-13/h6-7,13H,4-5,8-9H2,1-3H3. The van der Waals surface area contributed by atoms with E-state index in [2.05, 4.69) is 12.1 Å². The molecular formula is C15H20O3S. The molecule has 19 heavy (non-hydrogen) atoms. The number of hydrogen-bond donors (Lipinski definition) is 0. The third kappa shape index (κ3) is 3.24. The van der Waals surface area contributed by atoms with Crippen LogP contribution < -0.4 is 0 Å². The van der Waals surface area contributed by atoms with E-state index in [-0.39, 0.29) is 23.2 Å². The molecule has 0 aliphatic carbocycles. The Morgan fingerprint density at radius 2 is 1.79 bits per heavy atom. The molecule has 0 bridgehead atoms. The second kappa shape index (κ2) is 5.08. The summed E-state index contributed by atoms with van der Waals surface area (Å²) in [6.45, 7) is 6.05. The van der Waals surface area contributed by atoms with E-state index in [0.717, 1.165) is 16.7 Å². The zero-order valence-electron chi connectivity index (χ0n) is 11.7. The number of sulfone groups is 1. The quantitative estimate of drug-likeness (QED) is 0.852. The Labute approximate surface area is 114 Å². The van der Waals surface area contributed by atoms with Crippen LogP contribution in [-0.2, 0) is 21.1 Å². The average molecular weight is 280 g/mol. The second-order valence-corrected chi connectivity index (χ2v) is 7.85. The lowest BCUT2D eigenvalue weighted by atomic mass is 9.91. The summed E-state index contributed by atoms with van der Waals surface area (Å²) in [6.07, 6.45) is 0.850. The van der Waals surface area contributed by atoms with Crippen LogP contribution in [0, 0.1) is 26.7 Å². The van der Waals surface area contributed by atoms with Crippen LogP contribution in [0.5, 0.6) is 0 Å². The van der Waals surface area contributed by atoms with Crippen LogP contribution >= 0.6 is 0 Å². The molecule has 1 aromatic rings. The number of benzene rings is 1. The van der Waals surface area contributed by atoms with Gasteiger partial charge in [-0.2, -0.15) is 0 Å². The van der Waals surface area contributed by atoms with Gasteiger partial charge in [0.2, 0.25) is 0 Å². The predicted octanol–water partition coefficient (Wildman–Crippen LogP) is 2.16. The number of aryl methyl sites for hydroxylation is 3. The molecule has 1 saturated heterocycles. The maximum atomic E-state index is 12.2. The van der Waals surface area contributed by atoms with E-state index in [9.17, 15) is 13.2 Å². The molecule has 0 N–H and O–H groups in total. The lowest BCUT2D eigenvalue weighted by Gasteiger charge is -2.13. The molecule has 1 unspecified atom stereocenters. The van der Waals surface area contributed by atoms with Gasteiger partial charge in [-0.05, 0) is 43.9 Å². The number of carbonyl (C=O) groups is 1. The van der Waals surface area contributed by atoms with Crippen LogP contribution in [0.15, 0.2) is 12.1 Å². The Morgan fingerprint density at radius 3 is 2.26 bits per heavy atom. The maximum Gasteiger partial charge on any atom is 0.151 e. The van der Waals surface area contributed by atoms with Crippen molar-refractivity contribution in [2.75, 3.05) is 11.5 Å². The first-order valence-electron chi connectivity index (χ1n) is 6.58. The van der Waals surface area contributed by atoms with Crippen molar-refractivity contribution in [3.8, 4) is 0 Å². The maximum absolute atomic E-state index is 12.2. The van der Waals surface area contributed by atoms with E-state index < -0.39 is 9.84 Å². The van der Waals surface area contributed by atoms with Crippen molar-refractivity contribution in [1.29, 1.82) is 0 Å². The van der Waals surface area contributed by atoms with Crippen LogP contribution in [0.25, 0.3) is 0 Å². The van der Waals surface area contributed by atoms with E-state index in [4.69, 9.17) is 0 Å². The van der Waals surface area contributed by atoms with Crippen LogP contribution in [0.4, 0.5) is 0 Å². The fourth-order valence-corrected chi connectivity index (χ4v) is 4.63. The zero-order valence-corrected chi connectivity index (χ0v) is 12.5. The Hall–Kier alpha value is -1.16. The molecule has 1 aromatic carbocycles. The Morgan fingerprint density at radius 1 is 1.21 bits per heavy atom. The molecule has 1 aliphatic heterocycles. The van der Waals surface area contributed by atoms with Crippen molar-refractivity contribution >= 4 is 15.6 Å². The smallest absolute Gasteiger partial charge is 0.151 e. The number of ketones is 1. The summed E-state index contributed by atoms with van der Waals surface area (Å²) >= 11 is 0. The van der Waals surface area contributed by atoms with Gasteiger partial charge in [0.1, 0.15) is 5.78 Å². The van der Waals surface area contributed by atoms with Crippen LogP contribution in [0.1, 0.15) is 28.7 Å². The first-order valence-corrected chi connectivity index (χ1v) is 8.40. The molecule has 1 atom stereocenters. The molecule has 104 valence electrons. The minimum atomic E-state index is -2.98. The summed E-state index contributed by atoms with van der Waals surface area (Å²) in [7, 11) is -2.98. The summed E-state index contributed by atoms with van der Waals surface area (Å²) in [5.41, 5.74) is 4.48. The molecule has 1 fully saturated rings. The zero-order chi connectivity index (χ0) is 14.2. The van der Waals surface area contributed by atoms with Gasteiger partial charge in [-0.15, -0.1) is 0 Å². The van der Waals surface area contributed by atoms with Gasteiger partial charge < -0.3 is 0 Å². The summed E-state index contributed by atoms with van der Waals surface area (Å²) in [4.78, 5) is 12.2. The lowest BCUT2D eigenvalue weighted by molar-refractivity contribution is -0.121. The molecule has 1 heterocycles. The highest BCUT2D eigenvalue weighted by molar-refractivity contribution is 7.91. The van der Waals surface area contributed by atoms with Gasteiger partial charge in [0, 0.05) is 12.3 Å². The van der Waals surface area contributed by atoms with Crippen LogP contribution in [0.2, 0.25) is 0 Å². The molecule has 4 heteroatoms. The fraction of sp³-hybridized carbons (Fsp3) is 0.533. The van der Waals surface area contributed by atoms with Crippen molar-refractivity contribution in [1.82, 2.24) is 0 Å². The van der Waals surface area contributed by atoms with Gasteiger partial charge in [-0.3, -0.25) is 4.79 Å². The molecule has 0 aromatic heterocycles. The SMILES string of the molecule is Cc1cc(C)c(CC(=O)C2CCS(=O)(=O)C2)c(C)c1. The number of carbonyl (C=O) groups excluding carboxylic acids is 1. The van der Waals surface area contributed by atoms with Gasteiger partial charge in [-0.1, -0.05) is 17.7 Å². The topological polar surface area (TPSA) is 51.2 Å². The van der Waals surface area contributed by atoms with Gasteiger partial charge in [0.25, 0.3) is 0 Å². The molecule has 3 nitrogen and oxygen atoms in total. The normalized spacial score (nSPS) is 21.5. The highest BCUT2D eigenvalue weighted by Gasteiger charge is 2.32. The first-order chi connectivity index (χ1) is 8.78. The van der Waals surface area contributed by atoms with E-state index in [1.807, 2.05) is 20.8 Å². The molecule has 0 spiro atoms. The fourth-order valence-electron chi connectivity index (χ4n) is 2.86. The summed E-state index contributed by atoms with van der Waals surface area (Å²) in [5, 5.41) is 0. The van der Waals surface area contributed by atoms with Crippen molar-refractivity contribution in [3.05, 3.63) is 34.4 Å². The monoisotopic (exact) mass is 280 g/mol. The molecular weight excluding hydrogens is 260 g/mol. The molecule has 0 radical (unpaired) electrons. The number of rotatable bonds is 3. The van der Waals surface area contributed by atoms with E-state index >= 15 is 0 Å². The van der Waals surface area contributed by atoms with E-state index in [1.54, 1.807) is 0 Å². The summed E-state index contributed by atoms with van der Waals surface area (Å²) < 4.78 is 22.8. The highest BCUT2D eigenvalue weighted by atomic mass is 32.2. The third-order valence-electron chi connectivity index (χ3n) is 3.88. The average Bonchev–Trinajstić information content (AvgIpc) is 2.64. The van der Waals surface area contributed by atoms with Gasteiger partial charge >= 0.3 is 0 Å². The minimum absolute atomic E-state index is 0.0375. The largest absolute Gasteiger partial charge is 0.299 e. The lowest BCUT2D eigenvalue weighted by Crippen LogP contribution is -2.19. The minimum Gasteiger partial charge on any atom is -0.299 e. The van der Waals surface area contributed by atoms with Crippen molar-refractivity contribution in [2.24, 2.45) is 5.92 Å². The van der Waals surface area contributed by atoms with Gasteiger partial charge in [0.05, 0.1) is 11.5 Å². The highest BCUT2D eigenvalue weighted by Crippen LogP contribution is 2.23. The Kier molecular flexibility index (Phi) is 3.81. The van der Waals surface area contributed by atoms with Gasteiger partial charge in [-0.25, -0.2) is 8.42 Å². The molecule has 0 amide bonds. The third-order valence-corrected chi connectivity index (χ3v) is 5.65. The molecule has 0 saturated carbocycles. The van der Waals surface area contributed by atoms with E-state index in [0.29, 0.717) is 12.8 Å². The summed E-state index contributed by atoms with van der Waals surface area (Å²) in [6, 6.07) is 4.14. The predicted molar refractivity (Wildman–Crippen MR) is 76.1 cm³/mol. The summed E-state index contributed by atoms with van der Waals surface area (Å²) in [5.74, 6) is -0.0355. The van der Waals surface area contributed by atoms with Crippen molar-refractivity contribution < 1.29 is 13.2 Å². The Bertz CT molecular complexity index is 591. The van der Waals surface area contributed by atoms with E-state index in [1.165, 1.54) is 5.56 Å². The van der Waals surface area contributed by atoms with Crippen LogP contribution in [0.3, 0.4) is 0 Å². The number of Topliss-reactive ketones (excluding diaryl/α,β-unsaturated/α-hetero) is 1. The molecule has 1 aliphatic rings. The Balaban J connectivity index is 2.16. The molecule has 2 rings (SSSR count). The van der Waals surface area contributed by atoms with Crippen LogP contribution in [-0.4, -0.2) is 25.7 Å². The number of hydrogen-bond acceptors (Lipinski definition) is 3. The first kappa shape index (κ1) is 14.3. The van der Waals surface area contributed by atoms with Crippen molar-refractivity contribution in [2.45, 2.75) is 33.6 Å². The second-order valence-electron chi connectivity index (χ2n) is 5.62. The van der Waals surface area contributed by atoms with Gasteiger partial charge in [0.15, 0.2) is 9.84 Å². The van der Waals surface area contributed by atoms with Crippen molar-refractivity contribution in [3.63, 3.8) is 0 Å².